The first-order chi connectivity index (χ1) is 18.6. The standard InChI is InChI=1S/C34H52N2O2/c1-3-5-7-9-11-13-15-17-29-19-21-33(37)31(25-29)27-35-23-24-36-28-32-26-30(20-22-34(32)38)18-16-14-12-10-8-6-4-2/h19-22,25-28,37-38H,3-18,23-24H2,1-2H3/b35-27+,36-28+. The van der Waals surface area contributed by atoms with Crippen molar-refractivity contribution in [2.75, 3.05) is 13.1 Å². The molecule has 2 N–H and O–H groups in total. The van der Waals surface area contributed by atoms with Crippen molar-refractivity contribution in [3.8, 4) is 11.5 Å². The van der Waals surface area contributed by atoms with E-state index < -0.39 is 0 Å². The van der Waals surface area contributed by atoms with E-state index >= 15 is 0 Å². The summed E-state index contributed by atoms with van der Waals surface area (Å²) in [7, 11) is 0. The molecular formula is C34H52N2O2. The first-order valence-electron chi connectivity index (χ1n) is 15.3. The summed E-state index contributed by atoms with van der Waals surface area (Å²) in [6.45, 7) is 5.58. The highest BCUT2D eigenvalue weighted by Gasteiger charge is 2.03. The normalized spacial score (nSPS) is 11.7. The Kier molecular flexibility index (Phi) is 16.9. The Bertz CT molecular complexity index is 874. The molecule has 2 aromatic carbocycles. The zero-order valence-corrected chi connectivity index (χ0v) is 24.1. The maximum Gasteiger partial charge on any atom is 0.124 e. The molecule has 0 heterocycles. The van der Waals surface area contributed by atoms with Crippen LogP contribution in [0, 0.1) is 0 Å². The van der Waals surface area contributed by atoms with Gasteiger partial charge in [-0.2, -0.15) is 0 Å². The molecule has 0 aromatic heterocycles. The molecule has 0 aliphatic rings. The number of phenols is 2. The van der Waals surface area contributed by atoms with Gasteiger partial charge in [0.1, 0.15) is 11.5 Å². The predicted octanol–water partition coefficient (Wildman–Crippen LogP) is 9.22. The molecular weight excluding hydrogens is 468 g/mol. The van der Waals surface area contributed by atoms with Crippen molar-refractivity contribution in [1.29, 1.82) is 0 Å². The van der Waals surface area contributed by atoms with E-state index in [4.69, 9.17) is 0 Å². The molecule has 0 atom stereocenters. The van der Waals surface area contributed by atoms with Crippen LogP contribution in [0.25, 0.3) is 0 Å². The highest BCUT2D eigenvalue weighted by molar-refractivity contribution is 5.84. The maximum absolute atomic E-state index is 10.2. The fourth-order valence-electron chi connectivity index (χ4n) is 4.74. The van der Waals surface area contributed by atoms with E-state index in [1.165, 1.54) is 101 Å². The summed E-state index contributed by atoms with van der Waals surface area (Å²) in [5, 5.41) is 20.4. The Morgan fingerprint density at radius 2 is 0.895 bits per heavy atom. The van der Waals surface area contributed by atoms with E-state index in [-0.39, 0.29) is 11.5 Å². The summed E-state index contributed by atoms with van der Waals surface area (Å²) in [6, 6.07) is 11.7. The molecule has 0 spiro atoms. The topological polar surface area (TPSA) is 65.2 Å². The molecule has 0 saturated heterocycles. The maximum atomic E-state index is 10.2. The van der Waals surface area contributed by atoms with Gasteiger partial charge in [0.15, 0.2) is 0 Å². The molecule has 38 heavy (non-hydrogen) atoms. The number of rotatable bonds is 21. The van der Waals surface area contributed by atoms with E-state index in [1.54, 1.807) is 24.6 Å². The van der Waals surface area contributed by atoms with Gasteiger partial charge < -0.3 is 10.2 Å². The summed E-state index contributed by atoms with van der Waals surface area (Å²) in [6.07, 6.45) is 23.8. The average molecular weight is 521 g/mol. The second-order valence-corrected chi connectivity index (χ2v) is 10.6. The van der Waals surface area contributed by atoms with E-state index in [9.17, 15) is 10.2 Å². The van der Waals surface area contributed by atoms with Crippen molar-refractivity contribution >= 4 is 12.4 Å². The summed E-state index contributed by atoms with van der Waals surface area (Å²) in [5.74, 6) is 0.534. The lowest BCUT2D eigenvalue weighted by molar-refractivity contribution is 0.473. The minimum absolute atomic E-state index is 0.267. The van der Waals surface area contributed by atoms with Crippen LogP contribution in [0.2, 0.25) is 0 Å². The van der Waals surface area contributed by atoms with Crippen molar-refractivity contribution in [2.45, 2.75) is 117 Å². The van der Waals surface area contributed by atoms with Crippen LogP contribution in [0.5, 0.6) is 11.5 Å². The SMILES string of the molecule is CCCCCCCCCc1ccc(O)c(/C=N/CC/N=C/c2cc(CCCCCCCCC)ccc2O)c1. The van der Waals surface area contributed by atoms with E-state index in [2.05, 4.69) is 23.8 Å². The van der Waals surface area contributed by atoms with Crippen LogP contribution >= 0.6 is 0 Å². The van der Waals surface area contributed by atoms with Gasteiger partial charge in [0.05, 0.1) is 13.1 Å². The van der Waals surface area contributed by atoms with Gasteiger partial charge in [-0.25, -0.2) is 0 Å². The van der Waals surface area contributed by atoms with Gasteiger partial charge in [-0.05, 0) is 61.1 Å². The quantitative estimate of drug-likeness (QED) is 0.127. The number of nitrogens with zero attached hydrogens (tertiary/aromatic N) is 2. The highest BCUT2D eigenvalue weighted by Crippen LogP contribution is 2.20. The minimum Gasteiger partial charge on any atom is -0.507 e. The Morgan fingerprint density at radius 1 is 0.526 bits per heavy atom. The van der Waals surface area contributed by atoms with Gasteiger partial charge in [-0.3, -0.25) is 9.98 Å². The molecule has 0 amide bonds. The third-order valence-corrected chi connectivity index (χ3v) is 7.14. The molecule has 4 nitrogen and oxygen atoms in total. The van der Waals surface area contributed by atoms with E-state index in [1.807, 2.05) is 24.3 Å². The Labute approximate surface area is 232 Å². The Morgan fingerprint density at radius 3 is 1.29 bits per heavy atom. The predicted molar refractivity (Wildman–Crippen MR) is 165 cm³/mol. The van der Waals surface area contributed by atoms with Gasteiger partial charge >= 0.3 is 0 Å². The van der Waals surface area contributed by atoms with Crippen LogP contribution in [0.1, 0.15) is 126 Å². The van der Waals surface area contributed by atoms with Gasteiger partial charge in [0, 0.05) is 23.6 Å². The first-order valence-corrected chi connectivity index (χ1v) is 15.3. The average Bonchev–Trinajstić information content (AvgIpc) is 2.92. The van der Waals surface area contributed by atoms with Crippen LogP contribution in [-0.4, -0.2) is 35.7 Å². The van der Waals surface area contributed by atoms with Gasteiger partial charge in [0.2, 0.25) is 0 Å². The molecule has 0 saturated carbocycles. The largest absolute Gasteiger partial charge is 0.507 e. The third kappa shape index (κ3) is 13.8. The molecule has 0 radical (unpaired) electrons. The molecule has 0 aliphatic heterocycles. The Hall–Kier alpha value is -2.62. The molecule has 0 unspecified atom stereocenters. The first kappa shape index (κ1) is 31.6. The minimum atomic E-state index is 0.267. The Balaban J connectivity index is 1.72. The second kappa shape index (κ2) is 20.4. The van der Waals surface area contributed by atoms with Crippen LogP contribution in [0.3, 0.4) is 0 Å². The molecule has 2 aromatic rings. The number of hydrogen-bond donors (Lipinski definition) is 2. The van der Waals surface area contributed by atoms with Crippen molar-refractivity contribution in [3.05, 3.63) is 58.7 Å². The zero-order chi connectivity index (χ0) is 27.3. The zero-order valence-electron chi connectivity index (χ0n) is 24.1. The van der Waals surface area contributed by atoms with Crippen molar-refractivity contribution in [1.82, 2.24) is 0 Å². The molecule has 2 rings (SSSR count). The summed E-state index contributed by atoms with van der Waals surface area (Å²) >= 11 is 0. The van der Waals surface area contributed by atoms with Crippen LogP contribution < -0.4 is 0 Å². The van der Waals surface area contributed by atoms with Gasteiger partial charge in [-0.1, -0.05) is 103 Å². The lowest BCUT2D eigenvalue weighted by Crippen LogP contribution is -1.94. The molecule has 0 bridgehead atoms. The summed E-state index contributed by atoms with van der Waals surface area (Å²) in [5.41, 5.74) is 4.04. The highest BCUT2D eigenvalue weighted by atomic mass is 16.3. The van der Waals surface area contributed by atoms with E-state index in [0.717, 1.165) is 24.0 Å². The molecule has 210 valence electrons. The number of phenolic OH excluding ortho intramolecular Hbond substituents is 2. The molecule has 4 heteroatoms. The number of benzene rings is 2. The van der Waals surface area contributed by atoms with Crippen molar-refractivity contribution in [2.24, 2.45) is 9.98 Å². The van der Waals surface area contributed by atoms with Crippen LogP contribution in [0.4, 0.5) is 0 Å². The number of aromatic hydroxyl groups is 2. The second-order valence-electron chi connectivity index (χ2n) is 10.6. The van der Waals surface area contributed by atoms with Crippen LogP contribution in [0.15, 0.2) is 46.4 Å². The van der Waals surface area contributed by atoms with Gasteiger partial charge in [0.25, 0.3) is 0 Å². The number of aryl methyl sites for hydroxylation is 2. The van der Waals surface area contributed by atoms with E-state index in [0.29, 0.717) is 13.1 Å². The number of unbranched alkanes of at least 4 members (excludes halogenated alkanes) is 12. The van der Waals surface area contributed by atoms with Gasteiger partial charge in [-0.15, -0.1) is 0 Å². The summed E-state index contributed by atoms with van der Waals surface area (Å²) < 4.78 is 0. The van der Waals surface area contributed by atoms with Crippen molar-refractivity contribution < 1.29 is 10.2 Å². The number of aliphatic imine (C=N–C) groups is 2. The van der Waals surface area contributed by atoms with Crippen molar-refractivity contribution in [3.63, 3.8) is 0 Å². The fraction of sp³-hybridized carbons (Fsp3) is 0.588. The smallest absolute Gasteiger partial charge is 0.124 e. The lowest BCUT2D eigenvalue weighted by atomic mass is 10.0. The third-order valence-electron chi connectivity index (χ3n) is 7.14. The number of hydrogen-bond acceptors (Lipinski definition) is 4. The fourth-order valence-corrected chi connectivity index (χ4v) is 4.74. The molecule has 0 aliphatic carbocycles. The molecule has 0 fully saturated rings. The monoisotopic (exact) mass is 520 g/mol. The van der Waals surface area contributed by atoms with Crippen LogP contribution in [-0.2, 0) is 12.8 Å². The summed E-state index contributed by atoms with van der Waals surface area (Å²) in [4.78, 5) is 8.94. The lowest BCUT2D eigenvalue weighted by Gasteiger charge is -2.05.